The summed E-state index contributed by atoms with van der Waals surface area (Å²) in [5.41, 5.74) is 2.93. The number of ether oxygens (including phenoxy) is 1. The second-order valence-electron chi connectivity index (χ2n) is 6.04. The number of methoxy groups -OCH3 is 1. The third-order valence-electron chi connectivity index (χ3n) is 4.51. The molecule has 4 rings (SSSR count). The van der Waals surface area contributed by atoms with Crippen LogP contribution < -0.4 is 9.64 Å². The normalized spacial score (nSPS) is 15.5. The van der Waals surface area contributed by atoms with Crippen molar-refractivity contribution in [2.24, 2.45) is 0 Å². The number of hydrogen-bond donors (Lipinski definition) is 0. The van der Waals surface area contributed by atoms with Gasteiger partial charge >= 0.3 is 0 Å². The molecule has 0 saturated carbocycles. The lowest BCUT2D eigenvalue weighted by molar-refractivity contribution is 0.415. The minimum Gasteiger partial charge on any atom is -0.497 e. The maximum atomic E-state index is 5.23. The highest BCUT2D eigenvalue weighted by atomic mass is 32.1. The van der Waals surface area contributed by atoms with E-state index in [2.05, 4.69) is 19.2 Å². The molecule has 2 aromatic heterocycles. The molecule has 3 heterocycles. The van der Waals surface area contributed by atoms with Crippen LogP contribution in [0.1, 0.15) is 25.7 Å². The SMILES string of the molecule is COc1ccc(-c2nsc3c(N4CCCCCC4)ncnc23)cc1. The first kappa shape index (κ1) is 15.3. The molecule has 0 amide bonds. The lowest BCUT2D eigenvalue weighted by Crippen LogP contribution is -2.24. The smallest absolute Gasteiger partial charge is 0.151 e. The maximum Gasteiger partial charge on any atom is 0.151 e. The monoisotopic (exact) mass is 340 g/mol. The van der Waals surface area contributed by atoms with Crippen LogP contribution in [-0.2, 0) is 0 Å². The van der Waals surface area contributed by atoms with Crippen LogP contribution in [0.25, 0.3) is 21.5 Å². The highest BCUT2D eigenvalue weighted by Crippen LogP contribution is 2.35. The van der Waals surface area contributed by atoms with Gasteiger partial charge in [0.15, 0.2) is 5.82 Å². The molecule has 3 aromatic rings. The third kappa shape index (κ3) is 2.82. The van der Waals surface area contributed by atoms with Gasteiger partial charge in [0, 0.05) is 18.7 Å². The molecule has 1 aromatic carbocycles. The Labute approximate surface area is 145 Å². The average Bonchev–Trinajstić information content (AvgIpc) is 2.88. The van der Waals surface area contributed by atoms with Crippen LogP contribution in [0.3, 0.4) is 0 Å². The van der Waals surface area contributed by atoms with Crippen molar-refractivity contribution >= 4 is 27.6 Å². The van der Waals surface area contributed by atoms with E-state index < -0.39 is 0 Å². The zero-order valence-corrected chi connectivity index (χ0v) is 14.6. The van der Waals surface area contributed by atoms with Crippen LogP contribution in [0.2, 0.25) is 0 Å². The molecule has 1 aliphatic heterocycles. The van der Waals surface area contributed by atoms with Gasteiger partial charge < -0.3 is 9.64 Å². The van der Waals surface area contributed by atoms with E-state index in [1.54, 1.807) is 13.4 Å². The standard InChI is InChI=1S/C18H20N4OS/c1-23-14-8-6-13(7-9-14)15-16-17(24-21-15)18(20-12-19-16)22-10-4-2-3-5-11-22/h6-9,12H,2-5,10-11H2,1H3. The van der Waals surface area contributed by atoms with Gasteiger partial charge in [-0.15, -0.1) is 0 Å². The van der Waals surface area contributed by atoms with E-state index in [1.165, 1.54) is 37.2 Å². The number of nitrogens with zero attached hydrogens (tertiary/aromatic N) is 4. The Balaban J connectivity index is 1.75. The first-order chi connectivity index (χ1) is 11.9. The summed E-state index contributed by atoms with van der Waals surface area (Å²) in [7, 11) is 1.67. The summed E-state index contributed by atoms with van der Waals surface area (Å²) < 4.78 is 11.0. The molecular weight excluding hydrogens is 320 g/mol. The van der Waals surface area contributed by atoms with Crippen molar-refractivity contribution in [3.63, 3.8) is 0 Å². The van der Waals surface area contributed by atoms with E-state index in [-0.39, 0.29) is 0 Å². The van der Waals surface area contributed by atoms with Crippen molar-refractivity contribution < 1.29 is 4.74 Å². The minimum absolute atomic E-state index is 0.846. The van der Waals surface area contributed by atoms with E-state index in [4.69, 9.17) is 4.74 Å². The predicted molar refractivity (Wildman–Crippen MR) is 97.9 cm³/mol. The molecular formula is C18H20N4OS. The second kappa shape index (κ2) is 6.73. The molecule has 0 radical (unpaired) electrons. The van der Waals surface area contributed by atoms with Crippen LogP contribution in [0.5, 0.6) is 5.75 Å². The molecule has 0 bridgehead atoms. The van der Waals surface area contributed by atoms with Crippen molar-refractivity contribution in [3.05, 3.63) is 30.6 Å². The summed E-state index contributed by atoms with van der Waals surface area (Å²) >= 11 is 1.50. The van der Waals surface area contributed by atoms with Crippen molar-refractivity contribution in [3.8, 4) is 17.0 Å². The first-order valence-electron chi connectivity index (χ1n) is 8.36. The molecule has 0 spiro atoms. The Morgan fingerprint density at radius 2 is 1.75 bits per heavy atom. The predicted octanol–water partition coefficient (Wildman–Crippen LogP) is 4.14. The molecule has 0 aliphatic carbocycles. The summed E-state index contributed by atoms with van der Waals surface area (Å²) in [4.78, 5) is 11.5. The van der Waals surface area contributed by atoms with Crippen LogP contribution in [0.15, 0.2) is 30.6 Å². The fourth-order valence-corrected chi connectivity index (χ4v) is 4.07. The van der Waals surface area contributed by atoms with E-state index >= 15 is 0 Å². The van der Waals surface area contributed by atoms with E-state index in [0.29, 0.717) is 0 Å². The number of aromatic nitrogens is 3. The number of rotatable bonds is 3. The summed E-state index contributed by atoms with van der Waals surface area (Å²) in [6.45, 7) is 2.14. The molecule has 124 valence electrons. The largest absolute Gasteiger partial charge is 0.497 e. The lowest BCUT2D eigenvalue weighted by atomic mass is 10.1. The zero-order chi connectivity index (χ0) is 16.4. The third-order valence-corrected chi connectivity index (χ3v) is 5.34. The highest BCUT2D eigenvalue weighted by Gasteiger charge is 2.19. The summed E-state index contributed by atoms with van der Waals surface area (Å²) in [5.74, 6) is 1.89. The van der Waals surface area contributed by atoms with E-state index in [0.717, 1.165) is 46.1 Å². The fraction of sp³-hybridized carbons (Fsp3) is 0.389. The molecule has 5 nitrogen and oxygen atoms in total. The number of anilines is 1. The van der Waals surface area contributed by atoms with Gasteiger partial charge in [-0.2, -0.15) is 4.37 Å². The van der Waals surface area contributed by atoms with E-state index in [1.807, 2.05) is 24.3 Å². The minimum atomic E-state index is 0.846. The van der Waals surface area contributed by atoms with Gasteiger partial charge in [0.05, 0.1) is 7.11 Å². The topological polar surface area (TPSA) is 51.1 Å². The van der Waals surface area contributed by atoms with Crippen molar-refractivity contribution in [2.75, 3.05) is 25.1 Å². The second-order valence-corrected chi connectivity index (χ2v) is 6.81. The van der Waals surface area contributed by atoms with Gasteiger partial charge in [-0.05, 0) is 48.6 Å². The number of hydrogen-bond acceptors (Lipinski definition) is 6. The van der Waals surface area contributed by atoms with Crippen molar-refractivity contribution in [1.82, 2.24) is 14.3 Å². The Hall–Kier alpha value is -2.21. The zero-order valence-electron chi connectivity index (χ0n) is 13.7. The fourth-order valence-electron chi connectivity index (χ4n) is 3.20. The Bertz CT molecular complexity index is 823. The molecule has 24 heavy (non-hydrogen) atoms. The maximum absolute atomic E-state index is 5.23. The molecule has 6 heteroatoms. The summed E-state index contributed by atoms with van der Waals surface area (Å²) in [6.07, 6.45) is 6.75. The quantitative estimate of drug-likeness (QED) is 0.717. The van der Waals surface area contributed by atoms with Gasteiger partial charge in [0.1, 0.15) is 28.0 Å². The van der Waals surface area contributed by atoms with Gasteiger partial charge in [-0.25, -0.2) is 9.97 Å². The van der Waals surface area contributed by atoms with E-state index in [9.17, 15) is 0 Å². The summed E-state index contributed by atoms with van der Waals surface area (Å²) in [6, 6.07) is 7.97. The summed E-state index contributed by atoms with van der Waals surface area (Å²) in [5, 5.41) is 0. The number of fused-ring (bicyclic) bond motifs is 1. The molecule has 0 unspecified atom stereocenters. The van der Waals surface area contributed by atoms with Crippen LogP contribution in [0.4, 0.5) is 5.82 Å². The molecule has 0 atom stereocenters. The van der Waals surface area contributed by atoms with Gasteiger partial charge in [-0.1, -0.05) is 12.8 Å². The Morgan fingerprint density at radius 1 is 1.00 bits per heavy atom. The Morgan fingerprint density at radius 3 is 2.46 bits per heavy atom. The first-order valence-corrected chi connectivity index (χ1v) is 9.14. The van der Waals surface area contributed by atoms with Crippen molar-refractivity contribution in [2.45, 2.75) is 25.7 Å². The van der Waals surface area contributed by atoms with Gasteiger partial charge in [0.25, 0.3) is 0 Å². The van der Waals surface area contributed by atoms with Crippen molar-refractivity contribution in [1.29, 1.82) is 0 Å². The van der Waals surface area contributed by atoms with Crippen LogP contribution in [-0.4, -0.2) is 34.5 Å². The molecule has 1 aliphatic rings. The van der Waals surface area contributed by atoms with Crippen LogP contribution in [0, 0.1) is 0 Å². The number of benzene rings is 1. The molecule has 0 N–H and O–H groups in total. The average molecular weight is 340 g/mol. The lowest BCUT2D eigenvalue weighted by Gasteiger charge is -2.21. The molecule has 1 fully saturated rings. The van der Waals surface area contributed by atoms with Gasteiger partial charge in [0.2, 0.25) is 0 Å². The Kier molecular flexibility index (Phi) is 4.30. The highest BCUT2D eigenvalue weighted by molar-refractivity contribution is 7.14. The molecule has 1 saturated heterocycles. The van der Waals surface area contributed by atoms with Crippen LogP contribution >= 0.6 is 11.5 Å². The van der Waals surface area contributed by atoms with Gasteiger partial charge in [-0.3, -0.25) is 0 Å².